The van der Waals surface area contributed by atoms with Crippen LogP contribution in [0.2, 0.25) is 0 Å². The van der Waals surface area contributed by atoms with Crippen LogP contribution in [0.5, 0.6) is 0 Å². The first-order valence-corrected chi connectivity index (χ1v) is 5.49. The van der Waals surface area contributed by atoms with Crippen LogP contribution in [0.4, 0.5) is 0 Å². The smallest absolute Gasteiger partial charge is 0.236 e. The highest BCUT2D eigenvalue weighted by Gasteiger charge is 2.13. The van der Waals surface area contributed by atoms with Crippen LogP contribution in [-0.2, 0) is 4.79 Å². The summed E-state index contributed by atoms with van der Waals surface area (Å²) in [6, 6.07) is 0. The molecule has 16 heavy (non-hydrogen) atoms. The zero-order valence-corrected chi connectivity index (χ0v) is 9.98. The third kappa shape index (κ3) is 7.00. The van der Waals surface area contributed by atoms with Gasteiger partial charge in [-0.15, -0.1) is 0 Å². The van der Waals surface area contributed by atoms with Crippen molar-refractivity contribution >= 4 is 12.2 Å². The Morgan fingerprint density at radius 2 is 2.00 bits per heavy atom. The standard InChI is InChI=1S/C7H14N2O.C4H8N2/c8-6-7(10)9-4-2-1-3-5-9;1-4(2)6-3-5/h1-6,8H2;3H,1H2,2H3,(H2,5,6). The summed E-state index contributed by atoms with van der Waals surface area (Å²) in [7, 11) is 0. The molecule has 1 saturated heterocycles. The molecule has 0 aliphatic carbocycles. The van der Waals surface area contributed by atoms with Gasteiger partial charge in [-0.25, -0.2) is 4.99 Å². The second kappa shape index (κ2) is 8.91. The van der Waals surface area contributed by atoms with Gasteiger partial charge in [0.05, 0.1) is 12.9 Å². The van der Waals surface area contributed by atoms with Crippen LogP contribution in [-0.4, -0.2) is 36.8 Å². The lowest BCUT2D eigenvalue weighted by molar-refractivity contribution is -0.130. The fourth-order valence-electron chi connectivity index (χ4n) is 1.40. The van der Waals surface area contributed by atoms with Crippen molar-refractivity contribution in [2.24, 2.45) is 16.5 Å². The Labute approximate surface area is 97.2 Å². The minimum atomic E-state index is 0.0969. The van der Waals surface area contributed by atoms with E-state index in [1.807, 2.05) is 4.90 Å². The first-order valence-electron chi connectivity index (χ1n) is 5.49. The van der Waals surface area contributed by atoms with Crippen molar-refractivity contribution in [3.63, 3.8) is 0 Å². The summed E-state index contributed by atoms with van der Waals surface area (Å²) in [5.74, 6) is 0.0969. The maximum Gasteiger partial charge on any atom is 0.236 e. The molecule has 5 nitrogen and oxygen atoms in total. The summed E-state index contributed by atoms with van der Waals surface area (Å²) in [5, 5.41) is 0. The van der Waals surface area contributed by atoms with Crippen molar-refractivity contribution in [1.82, 2.24) is 4.90 Å². The van der Waals surface area contributed by atoms with Crippen LogP contribution in [0.3, 0.4) is 0 Å². The molecule has 1 fully saturated rings. The highest BCUT2D eigenvalue weighted by Crippen LogP contribution is 2.07. The average molecular weight is 226 g/mol. The van der Waals surface area contributed by atoms with Crippen molar-refractivity contribution in [2.75, 3.05) is 19.6 Å². The van der Waals surface area contributed by atoms with Crippen molar-refractivity contribution in [1.29, 1.82) is 0 Å². The Balaban J connectivity index is 0.000000325. The molecule has 0 radical (unpaired) electrons. The van der Waals surface area contributed by atoms with Crippen molar-refractivity contribution in [2.45, 2.75) is 26.2 Å². The third-order valence-corrected chi connectivity index (χ3v) is 2.18. The Bertz CT molecular complexity index is 244. The molecule has 5 heteroatoms. The lowest BCUT2D eigenvalue weighted by Gasteiger charge is -2.25. The molecule has 1 aliphatic rings. The molecular formula is C11H22N4O. The number of nitrogens with zero attached hydrogens (tertiary/aromatic N) is 2. The molecule has 0 aromatic rings. The van der Waals surface area contributed by atoms with Gasteiger partial charge in [-0.05, 0) is 26.2 Å². The zero-order valence-electron chi connectivity index (χ0n) is 9.98. The van der Waals surface area contributed by atoms with Gasteiger partial charge in [0.25, 0.3) is 0 Å². The van der Waals surface area contributed by atoms with E-state index in [1.165, 1.54) is 12.8 Å². The number of hydrogen-bond donors (Lipinski definition) is 2. The number of hydrogen-bond acceptors (Lipinski definition) is 3. The lowest BCUT2D eigenvalue weighted by Crippen LogP contribution is -2.39. The Morgan fingerprint density at radius 1 is 1.44 bits per heavy atom. The van der Waals surface area contributed by atoms with Crippen LogP contribution >= 0.6 is 0 Å². The average Bonchev–Trinajstić information content (AvgIpc) is 2.30. The molecule has 0 aromatic heterocycles. The van der Waals surface area contributed by atoms with E-state index in [4.69, 9.17) is 11.5 Å². The van der Waals surface area contributed by atoms with Crippen molar-refractivity contribution < 1.29 is 4.79 Å². The van der Waals surface area contributed by atoms with E-state index in [0.29, 0.717) is 0 Å². The number of rotatable bonds is 2. The molecule has 0 saturated carbocycles. The van der Waals surface area contributed by atoms with Gasteiger partial charge in [0.15, 0.2) is 0 Å². The fourth-order valence-corrected chi connectivity index (χ4v) is 1.40. The minimum Gasteiger partial charge on any atom is -0.390 e. The van der Waals surface area contributed by atoms with E-state index in [9.17, 15) is 4.79 Å². The van der Waals surface area contributed by atoms with Gasteiger partial charge in [-0.1, -0.05) is 6.58 Å². The van der Waals surface area contributed by atoms with Crippen LogP contribution in [0.25, 0.3) is 0 Å². The summed E-state index contributed by atoms with van der Waals surface area (Å²) in [4.78, 5) is 16.4. The van der Waals surface area contributed by atoms with E-state index in [2.05, 4.69) is 11.6 Å². The van der Waals surface area contributed by atoms with Gasteiger partial charge < -0.3 is 16.4 Å². The monoisotopic (exact) mass is 226 g/mol. The molecule has 1 aliphatic heterocycles. The maximum atomic E-state index is 11.0. The predicted molar refractivity (Wildman–Crippen MR) is 67.0 cm³/mol. The molecular weight excluding hydrogens is 204 g/mol. The Kier molecular flexibility index (Phi) is 8.15. The number of allylic oxidation sites excluding steroid dienone is 1. The van der Waals surface area contributed by atoms with Gasteiger partial charge in [-0.3, -0.25) is 4.79 Å². The number of piperidine rings is 1. The van der Waals surface area contributed by atoms with Crippen molar-refractivity contribution in [3.05, 3.63) is 12.3 Å². The summed E-state index contributed by atoms with van der Waals surface area (Å²) in [6.07, 6.45) is 4.77. The molecule has 4 N–H and O–H groups in total. The summed E-state index contributed by atoms with van der Waals surface area (Å²) < 4.78 is 0. The second-order valence-corrected chi connectivity index (χ2v) is 3.66. The second-order valence-electron chi connectivity index (χ2n) is 3.66. The number of carbonyl (C=O) groups excluding carboxylic acids is 1. The van der Waals surface area contributed by atoms with E-state index < -0.39 is 0 Å². The van der Waals surface area contributed by atoms with E-state index in [0.717, 1.165) is 31.6 Å². The minimum absolute atomic E-state index is 0.0969. The van der Waals surface area contributed by atoms with Gasteiger partial charge in [0.1, 0.15) is 0 Å². The SMILES string of the molecule is C=C(C)N=CN.NCC(=O)N1CCCCC1. The first kappa shape index (κ1) is 14.6. The molecule has 0 bridgehead atoms. The molecule has 0 spiro atoms. The highest BCUT2D eigenvalue weighted by atomic mass is 16.2. The number of likely N-dealkylation sites (tertiary alicyclic amines) is 1. The lowest BCUT2D eigenvalue weighted by atomic mass is 10.1. The van der Waals surface area contributed by atoms with Gasteiger partial charge in [0.2, 0.25) is 5.91 Å². The van der Waals surface area contributed by atoms with E-state index in [1.54, 1.807) is 6.92 Å². The maximum absolute atomic E-state index is 11.0. The molecule has 1 rings (SSSR count). The van der Waals surface area contributed by atoms with Crippen LogP contribution in [0, 0.1) is 0 Å². The van der Waals surface area contributed by atoms with Crippen LogP contribution in [0.1, 0.15) is 26.2 Å². The van der Waals surface area contributed by atoms with Crippen LogP contribution in [0.15, 0.2) is 17.3 Å². The van der Waals surface area contributed by atoms with Crippen molar-refractivity contribution in [3.8, 4) is 0 Å². The number of nitrogens with two attached hydrogens (primary N) is 2. The highest BCUT2D eigenvalue weighted by molar-refractivity contribution is 5.78. The Morgan fingerprint density at radius 3 is 2.31 bits per heavy atom. The number of amides is 1. The fraction of sp³-hybridized carbons (Fsp3) is 0.636. The molecule has 0 atom stereocenters. The van der Waals surface area contributed by atoms with Crippen LogP contribution < -0.4 is 11.5 Å². The Hall–Kier alpha value is -1.36. The summed E-state index contributed by atoms with van der Waals surface area (Å²) >= 11 is 0. The topological polar surface area (TPSA) is 84.7 Å². The summed E-state index contributed by atoms with van der Waals surface area (Å²) in [6.45, 7) is 7.24. The van der Waals surface area contributed by atoms with Gasteiger partial charge in [0, 0.05) is 18.8 Å². The van der Waals surface area contributed by atoms with Gasteiger partial charge in [-0.2, -0.15) is 0 Å². The quantitative estimate of drug-likeness (QED) is 0.530. The molecule has 0 unspecified atom stereocenters. The molecule has 0 aromatic carbocycles. The van der Waals surface area contributed by atoms with E-state index in [-0.39, 0.29) is 12.5 Å². The number of carbonyl (C=O) groups is 1. The predicted octanol–water partition coefficient (Wildman–Crippen LogP) is 0.465. The largest absolute Gasteiger partial charge is 0.390 e. The van der Waals surface area contributed by atoms with E-state index >= 15 is 0 Å². The summed E-state index contributed by atoms with van der Waals surface area (Å²) in [5.41, 5.74) is 10.8. The zero-order chi connectivity index (χ0) is 12.4. The molecule has 92 valence electrons. The third-order valence-electron chi connectivity index (χ3n) is 2.18. The molecule has 1 heterocycles. The normalized spacial score (nSPS) is 15.5. The molecule has 1 amide bonds. The van der Waals surface area contributed by atoms with Gasteiger partial charge >= 0.3 is 0 Å². The number of aliphatic imine (C=N–C) groups is 1. The first-order chi connectivity index (χ1) is 7.61.